The lowest BCUT2D eigenvalue weighted by atomic mass is 10.1. The van der Waals surface area contributed by atoms with E-state index in [2.05, 4.69) is 4.98 Å². The Labute approximate surface area is 108 Å². The summed E-state index contributed by atoms with van der Waals surface area (Å²) in [7, 11) is 1.63. The van der Waals surface area contributed by atoms with Crippen LogP contribution in [0.5, 0.6) is 0 Å². The van der Waals surface area contributed by atoms with Crippen molar-refractivity contribution in [1.29, 1.82) is 0 Å². The Bertz CT molecular complexity index is 690. The van der Waals surface area contributed by atoms with E-state index in [9.17, 15) is 14.7 Å². The van der Waals surface area contributed by atoms with Crippen molar-refractivity contribution < 1.29 is 14.7 Å². The maximum atomic E-state index is 12.2. The standard InChI is InChI=1S/C13H11N3O3/c1-15-6-10-11(13(18)19)14-7-16(10)9-5-3-2-4-8(9)12(15)17/h2-5,7H,6H2,1H3,(H,18,19)/p-1. The second kappa shape index (κ2) is 3.94. The molecule has 0 spiro atoms. The van der Waals surface area contributed by atoms with Crippen LogP contribution in [0.2, 0.25) is 0 Å². The van der Waals surface area contributed by atoms with E-state index in [0.717, 1.165) is 0 Å². The number of carbonyl (C=O) groups excluding carboxylic acids is 2. The topological polar surface area (TPSA) is 78.3 Å². The number of aromatic carboxylic acids is 1. The van der Waals surface area contributed by atoms with Crippen LogP contribution in [0.15, 0.2) is 30.6 Å². The molecule has 96 valence electrons. The minimum Gasteiger partial charge on any atom is -0.543 e. The highest BCUT2D eigenvalue weighted by molar-refractivity contribution is 5.98. The lowest BCUT2D eigenvalue weighted by Crippen LogP contribution is -2.28. The summed E-state index contributed by atoms with van der Waals surface area (Å²) in [6.45, 7) is 0.177. The summed E-state index contributed by atoms with van der Waals surface area (Å²) < 4.78 is 1.63. The third-order valence-electron chi connectivity index (χ3n) is 3.19. The van der Waals surface area contributed by atoms with E-state index in [-0.39, 0.29) is 18.1 Å². The SMILES string of the molecule is CN1Cc2c(C(=O)[O-])ncn2-c2ccccc2C1=O. The highest BCUT2D eigenvalue weighted by Crippen LogP contribution is 2.24. The average molecular weight is 256 g/mol. The summed E-state index contributed by atoms with van der Waals surface area (Å²) in [4.78, 5) is 28.6. The van der Waals surface area contributed by atoms with Crippen molar-refractivity contribution in [1.82, 2.24) is 14.5 Å². The van der Waals surface area contributed by atoms with Crippen LogP contribution in [0, 0.1) is 0 Å². The molecular weight excluding hydrogens is 246 g/mol. The molecule has 1 aliphatic rings. The monoisotopic (exact) mass is 256 g/mol. The van der Waals surface area contributed by atoms with E-state index >= 15 is 0 Å². The predicted octanol–water partition coefficient (Wildman–Crippen LogP) is -0.179. The van der Waals surface area contributed by atoms with E-state index in [1.54, 1.807) is 35.9 Å². The first-order chi connectivity index (χ1) is 9.09. The van der Waals surface area contributed by atoms with Gasteiger partial charge in [-0.2, -0.15) is 0 Å². The summed E-state index contributed by atoms with van der Waals surface area (Å²) >= 11 is 0. The predicted molar refractivity (Wildman–Crippen MR) is 63.7 cm³/mol. The van der Waals surface area contributed by atoms with Crippen molar-refractivity contribution in [2.75, 3.05) is 7.05 Å². The third-order valence-corrected chi connectivity index (χ3v) is 3.19. The van der Waals surface area contributed by atoms with Crippen molar-refractivity contribution in [2.24, 2.45) is 0 Å². The van der Waals surface area contributed by atoms with Gasteiger partial charge in [-0.3, -0.25) is 9.36 Å². The summed E-state index contributed by atoms with van der Waals surface area (Å²) in [6.07, 6.45) is 1.41. The van der Waals surface area contributed by atoms with E-state index < -0.39 is 5.97 Å². The Morgan fingerprint density at radius 2 is 2.11 bits per heavy atom. The Hall–Kier alpha value is -2.63. The van der Waals surface area contributed by atoms with Gasteiger partial charge < -0.3 is 14.8 Å². The molecule has 1 amide bonds. The zero-order chi connectivity index (χ0) is 13.6. The number of amides is 1. The van der Waals surface area contributed by atoms with E-state index in [0.29, 0.717) is 16.9 Å². The molecule has 0 unspecified atom stereocenters. The maximum absolute atomic E-state index is 12.2. The fourth-order valence-corrected chi connectivity index (χ4v) is 2.27. The number of imidazole rings is 1. The molecule has 6 nitrogen and oxygen atoms in total. The van der Waals surface area contributed by atoms with Crippen molar-refractivity contribution >= 4 is 11.9 Å². The van der Waals surface area contributed by atoms with Gasteiger partial charge in [-0.25, -0.2) is 4.98 Å². The highest BCUT2D eigenvalue weighted by Gasteiger charge is 2.25. The molecule has 0 saturated carbocycles. The van der Waals surface area contributed by atoms with Gasteiger partial charge >= 0.3 is 0 Å². The second-order valence-electron chi connectivity index (χ2n) is 4.38. The maximum Gasteiger partial charge on any atom is 0.256 e. The zero-order valence-electron chi connectivity index (χ0n) is 10.2. The number of rotatable bonds is 1. The lowest BCUT2D eigenvalue weighted by Gasteiger charge is -2.14. The molecule has 0 fully saturated rings. The first-order valence-corrected chi connectivity index (χ1v) is 5.72. The van der Waals surface area contributed by atoms with Crippen LogP contribution in [-0.4, -0.2) is 33.4 Å². The van der Waals surface area contributed by atoms with Crippen molar-refractivity contribution in [2.45, 2.75) is 6.54 Å². The van der Waals surface area contributed by atoms with Gasteiger partial charge in [-0.15, -0.1) is 0 Å². The zero-order valence-corrected chi connectivity index (χ0v) is 10.2. The fraction of sp³-hybridized carbons (Fsp3) is 0.154. The molecule has 0 atom stereocenters. The first kappa shape index (κ1) is 11.5. The molecule has 3 rings (SSSR count). The summed E-state index contributed by atoms with van der Waals surface area (Å²) in [6, 6.07) is 7.03. The molecule has 2 heterocycles. The number of hydrogen-bond donors (Lipinski definition) is 0. The van der Waals surface area contributed by atoms with Gasteiger partial charge in [0.2, 0.25) is 0 Å². The second-order valence-corrected chi connectivity index (χ2v) is 4.38. The Morgan fingerprint density at radius 1 is 1.37 bits per heavy atom. The van der Waals surface area contributed by atoms with Gasteiger partial charge in [-0.1, -0.05) is 12.1 Å². The molecule has 0 aliphatic carbocycles. The number of hydrogen-bond acceptors (Lipinski definition) is 4. The molecule has 0 radical (unpaired) electrons. The lowest BCUT2D eigenvalue weighted by molar-refractivity contribution is -0.255. The number of nitrogens with zero attached hydrogens (tertiary/aromatic N) is 3. The van der Waals surface area contributed by atoms with Crippen molar-refractivity contribution in [3.05, 3.63) is 47.5 Å². The quantitative estimate of drug-likeness (QED) is 0.709. The number of carboxylic acid groups (broad SMARTS) is 1. The van der Waals surface area contributed by atoms with Gasteiger partial charge in [0.15, 0.2) is 0 Å². The first-order valence-electron chi connectivity index (χ1n) is 5.72. The average Bonchev–Trinajstić information content (AvgIpc) is 2.77. The van der Waals surface area contributed by atoms with Gasteiger partial charge in [0.1, 0.15) is 12.0 Å². The Kier molecular flexibility index (Phi) is 2.38. The summed E-state index contributed by atoms with van der Waals surface area (Å²) in [5, 5.41) is 11.1. The van der Waals surface area contributed by atoms with E-state index in [4.69, 9.17) is 0 Å². The van der Waals surface area contributed by atoms with Crippen LogP contribution in [0.4, 0.5) is 0 Å². The van der Waals surface area contributed by atoms with Crippen molar-refractivity contribution in [3.63, 3.8) is 0 Å². The van der Waals surface area contributed by atoms with Crippen LogP contribution in [-0.2, 0) is 6.54 Å². The molecular formula is C13H10N3O3-. The fourth-order valence-electron chi connectivity index (χ4n) is 2.27. The molecule has 19 heavy (non-hydrogen) atoms. The number of fused-ring (bicyclic) bond motifs is 3. The van der Waals surface area contributed by atoms with Crippen LogP contribution < -0.4 is 5.11 Å². The third kappa shape index (κ3) is 1.61. The number of benzene rings is 1. The molecule has 0 N–H and O–H groups in total. The van der Waals surface area contributed by atoms with Crippen LogP contribution in [0.25, 0.3) is 5.69 Å². The number of aromatic nitrogens is 2. The van der Waals surface area contributed by atoms with E-state index in [1.807, 2.05) is 0 Å². The Balaban J connectivity index is 2.31. The highest BCUT2D eigenvalue weighted by atomic mass is 16.4. The van der Waals surface area contributed by atoms with Crippen LogP contribution in [0.1, 0.15) is 26.5 Å². The van der Waals surface area contributed by atoms with Gasteiger partial charge in [0.25, 0.3) is 5.91 Å². The minimum absolute atomic E-state index is 0.128. The number of carbonyl (C=O) groups is 2. The summed E-state index contributed by atoms with van der Waals surface area (Å²) in [5.74, 6) is -1.49. The number of para-hydroxylation sites is 1. The largest absolute Gasteiger partial charge is 0.543 e. The summed E-state index contributed by atoms with van der Waals surface area (Å²) in [5.41, 5.74) is 1.47. The van der Waals surface area contributed by atoms with Crippen LogP contribution >= 0.6 is 0 Å². The molecule has 1 aromatic heterocycles. The Morgan fingerprint density at radius 3 is 2.84 bits per heavy atom. The van der Waals surface area contributed by atoms with Crippen LogP contribution in [0.3, 0.4) is 0 Å². The van der Waals surface area contributed by atoms with Gasteiger partial charge in [-0.05, 0) is 12.1 Å². The normalized spacial score (nSPS) is 13.7. The van der Waals surface area contributed by atoms with Crippen molar-refractivity contribution in [3.8, 4) is 5.69 Å². The molecule has 2 aromatic rings. The molecule has 0 saturated heterocycles. The smallest absolute Gasteiger partial charge is 0.256 e. The van der Waals surface area contributed by atoms with Gasteiger partial charge in [0.05, 0.1) is 29.5 Å². The number of carboxylic acids is 1. The molecule has 1 aliphatic heterocycles. The van der Waals surface area contributed by atoms with Gasteiger partial charge in [0, 0.05) is 7.05 Å². The molecule has 0 bridgehead atoms. The van der Waals surface area contributed by atoms with E-state index in [1.165, 1.54) is 11.2 Å². The molecule has 6 heteroatoms. The molecule has 1 aromatic carbocycles. The minimum atomic E-state index is -1.34.